The van der Waals surface area contributed by atoms with Crippen LogP contribution < -0.4 is 5.73 Å². The van der Waals surface area contributed by atoms with E-state index in [1.165, 1.54) is 7.11 Å². The molecule has 8 heteroatoms. The van der Waals surface area contributed by atoms with Crippen molar-refractivity contribution < 1.29 is 29.0 Å². The molecule has 0 unspecified atom stereocenters. The van der Waals surface area contributed by atoms with Crippen LogP contribution in [0.2, 0.25) is 0 Å². The van der Waals surface area contributed by atoms with Gasteiger partial charge in [-0.25, -0.2) is 4.79 Å². The minimum atomic E-state index is -1.07. The number of rotatable bonds is 8. The summed E-state index contributed by atoms with van der Waals surface area (Å²) in [4.78, 5) is 35.4. The minimum absolute atomic E-state index is 0.0758. The van der Waals surface area contributed by atoms with E-state index in [4.69, 9.17) is 20.3 Å². The van der Waals surface area contributed by atoms with Crippen molar-refractivity contribution in [3.8, 4) is 0 Å². The lowest BCUT2D eigenvalue weighted by atomic mass is 10.1. The van der Waals surface area contributed by atoms with Gasteiger partial charge in [0.25, 0.3) is 0 Å². The Kier molecular flexibility index (Phi) is 7.72. The zero-order valence-electron chi connectivity index (χ0n) is 12.9. The van der Waals surface area contributed by atoms with Crippen molar-refractivity contribution in [3.05, 3.63) is 0 Å². The van der Waals surface area contributed by atoms with E-state index < -0.39 is 29.6 Å². The fourth-order valence-electron chi connectivity index (χ4n) is 1.60. The Labute approximate surface area is 124 Å². The van der Waals surface area contributed by atoms with Crippen LogP contribution in [0.5, 0.6) is 0 Å². The van der Waals surface area contributed by atoms with E-state index in [0.717, 1.165) is 4.90 Å². The van der Waals surface area contributed by atoms with Crippen LogP contribution in [0.3, 0.4) is 0 Å². The maximum atomic E-state index is 12.1. The molecule has 0 aliphatic carbocycles. The first-order valence-corrected chi connectivity index (χ1v) is 6.58. The van der Waals surface area contributed by atoms with Crippen LogP contribution in [-0.4, -0.2) is 59.9 Å². The third-order valence-corrected chi connectivity index (χ3v) is 2.50. The number of primary amides is 1. The molecule has 0 aliphatic rings. The Morgan fingerprint density at radius 2 is 1.86 bits per heavy atom. The first-order valence-electron chi connectivity index (χ1n) is 6.58. The molecule has 0 aromatic rings. The SMILES string of the molecule is COCCN(C(=O)OC(C)(C)C)[C@H](CCC(=O)O)C(N)=O. The third-order valence-electron chi connectivity index (χ3n) is 2.50. The first kappa shape index (κ1) is 19.2. The third kappa shape index (κ3) is 8.13. The van der Waals surface area contributed by atoms with Crippen molar-refractivity contribution in [1.29, 1.82) is 0 Å². The minimum Gasteiger partial charge on any atom is -0.481 e. The Bertz CT molecular complexity index is 377. The molecule has 0 aliphatic heterocycles. The lowest BCUT2D eigenvalue weighted by Crippen LogP contribution is -2.50. The smallest absolute Gasteiger partial charge is 0.411 e. The largest absolute Gasteiger partial charge is 0.481 e. The van der Waals surface area contributed by atoms with Crippen LogP contribution in [0, 0.1) is 0 Å². The predicted octanol–water partition coefficient (Wildman–Crippen LogP) is 0.589. The summed E-state index contributed by atoms with van der Waals surface area (Å²) in [6, 6.07) is -1.05. The van der Waals surface area contributed by atoms with Crippen molar-refractivity contribution in [2.75, 3.05) is 20.3 Å². The molecule has 0 bridgehead atoms. The standard InChI is InChI=1S/C13H24N2O6/c1-13(2,3)21-12(19)15(7-8-20-4)9(11(14)18)5-6-10(16)17/h9H,5-8H2,1-4H3,(H2,14,18)(H,16,17)/t9-/m1/s1. The number of ether oxygens (including phenoxy) is 2. The van der Waals surface area contributed by atoms with Crippen molar-refractivity contribution in [2.24, 2.45) is 5.73 Å². The second-order valence-electron chi connectivity index (χ2n) is 5.52. The molecular formula is C13H24N2O6. The van der Waals surface area contributed by atoms with Crippen LogP contribution in [-0.2, 0) is 19.1 Å². The highest BCUT2D eigenvalue weighted by Crippen LogP contribution is 2.14. The second-order valence-corrected chi connectivity index (χ2v) is 5.52. The first-order chi connectivity index (χ1) is 9.58. The average molecular weight is 304 g/mol. The second kappa shape index (κ2) is 8.46. The van der Waals surface area contributed by atoms with Crippen LogP contribution in [0.15, 0.2) is 0 Å². The van der Waals surface area contributed by atoms with Crippen LogP contribution in [0.4, 0.5) is 4.79 Å². The van der Waals surface area contributed by atoms with Gasteiger partial charge in [-0.1, -0.05) is 0 Å². The van der Waals surface area contributed by atoms with Gasteiger partial charge in [0.15, 0.2) is 0 Å². The van der Waals surface area contributed by atoms with Gasteiger partial charge in [0, 0.05) is 20.1 Å². The highest BCUT2D eigenvalue weighted by molar-refractivity contribution is 5.85. The molecule has 0 radical (unpaired) electrons. The normalized spacial score (nSPS) is 12.6. The molecule has 0 aromatic carbocycles. The van der Waals surface area contributed by atoms with E-state index in [9.17, 15) is 14.4 Å². The van der Waals surface area contributed by atoms with Crippen LogP contribution >= 0.6 is 0 Å². The summed E-state index contributed by atoms with van der Waals surface area (Å²) in [6.07, 6.45) is -1.08. The van der Waals surface area contributed by atoms with Crippen molar-refractivity contribution in [1.82, 2.24) is 4.90 Å². The summed E-state index contributed by atoms with van der Waals surface area (Å²) in [5.74, 6) is -1.85. The molecule has 0 heterocycles. The van der Waals surface area contributed by atoms with E-state index in [1.54, 1.807) is 20.8 Å². The molecule has 21 heavy (non-hydrogen) atoms. The van der Waals surface area contributed by atoms with Gasteiger partial charge in [-0.15, -0.1) is 0 Å². The number of methoxy groups -OCH3 is 1. The number of hydrogen-bond acceptors (Lipinski definition) is 5. The monoisotopic (exact) mass is 304 g/mol. The highest BCUT2D eigenvalue weighted by Gasteiger charge is 2.31. The molecule has 1 atom stereocenters. The lowest BCUT2D eigenvalue weighted by Gasteiger charge is -2.31. The summed E-state index contributed by atoms with van der Waals surface area (Å²) < 4.78 is 10.1. The van der Waals surface area contributed by atoms with Gasteiger partial charge in [-0.3, -0.25) is 14.5 Å². The predicted molar refractivity (Wildman–Crippen MR) is 74.7 cm³/mol. The number of carboxylic acid groups (broad SMARTS) is 1. The van der Waals surface area contributed by atoms with Gasteiger partial charge < -0.3 is 20.3 Å². The summed E-state index contributed by atoms with van der Waals surface area (Å²) in [6.45, 7) is 5.33. The Morgan fingerprint density at radius 1 is 1.29 bits per heavy atom. The topological polar surface area (TPSA) is 119 Å². The van der Waals surface area contributed by atoms with Crippen molar-refractivity contribution in [3.63, 3.8) is 0 Å². The van der Waals surface area contributed by atoms with Gasteiger partial charge in [-0.05, 0) is 27.2 Å². The maximum Gasteiger partial charge on any atom is 0.411 e. The summed E-state index contributed by atoms with van der Waals surface area (Å²) in [5.41, 5.74) is 4.54. The van der Waals surface area contributed by atoms with Crippen LogP contribution in [0.1, 0.15) is 33.6 Å². The van der Waals surface area contributed by atoms with Gasteiger partial charge >= 0.3 is 12.1 Å². The average Bonchev–Trinajstić information content (AvgIpc) is 2.29. The molecule has 8 nitrogen and oxygen atoms in total. The van der Waals surface area contributed by atoms with E-state index >= 15 is 0 Å². The number of carbonyl (C=O) groups is 3. The van der Waals surface area contributed by atoms with Gasteiger partial charge in [-0.2, -0.15) is 0 Å². The van der Waals surface area contributed by atoms with E-state index in [1.807, 2.05) is 0 Å². The fourth-order valence-corrected chi connectivity index (χ4v) is 1.60. The van der Waals surface area contributed by atoms with E-state index in [-0.39, 0.29) is 26.0 Å². The van der Waals surface area contributed by atoms with E-state index in [2.05, 4.69) is 0 Å². The Morgan fingerprint density at radius 3 is 2.24 bits per heavy atom. The zero-order chi connectivity index (χ0) is 16.6. The van der Waals surface area contributed by atoms with Crippen molar-refractivity contribution in [2.45, 2.75) is 45.3 Å². The van der Waals surface area contributed by atoms with E-state index in [0.29, 0.717) is 0 Å². The number of hydrogen-bond donors (Lipinski definition) is 2. The highest BCUT2D eigenvalue weighted by atomic mass is 16.6. The van der Waals surface area contributed by atoms with Gasteiger partial charge in [0.2, 0.25) is 5.91 Å². The molecule has 0 spiro atoms. The maximum absolute atomic E-state index is 12.1. The summed E-state index contributed by atoms with van der Waals surface area (Å²) >= 11 is 0. The molecule has 3 N–H and O–H groups in total. The number of aliphatic carboxylic acids is 1. The Hall–Kier alpha value is -1.83. The van der Waals surface area contributed by atoms with Crippen LogP contribution in [0.25, 0.3) is 0 Å². The quantitative estimate of drug-likeness (QED) is 0.677. The van der Waals surface area contributed by atoms with Gasteiger partial charge in [0.1, 0.15) is 11.6 Å². The summed E-state index contributed by atoms with van der Waals surface area (Å²) in [5, 5.41) is 8.72. The molecule has 0 fully saturated rings. The Balaban J connectivity index is 5.07. The number of carboxylic acids is 1. The molecule has 0 saturated heterocycles. The van der Waals surface area contributed by atoms with Crippen molar-refractivity contribution >= 4 is 18.0 Å². The number of nitrogens with two attached hydrogens (primary N) is 1. The number of nitrogens with zero attached hydrogens (tertiary/aromatic N) is 1. The van der Waals surface area contributed by atoms with Gasteiger partial charge in [0.05, 0.1) is 6.61 Å². The zero-order valence-corrected chi connectivity index (χ0v) is 12.9. The molecule has 0 rings (SSSR count). The molecule has 0 aromatic heterocycles. The fraction of sp³-hybridized carbons (Fsp3) is 0.769. The molecule has 0 saturated carbocycles. The molecule has 2 amide bonds. The summed E-state index contributed by atoms with van der Waals surface area (Å²) in [7, 11) is 1.45. The lowest BCUT2D eigenvalue weighted by molar-refractivity contribution is -0.137. The molecular weight excluding hydrogens is 280 g/mol. The number of carbonyl (C=O) groups excluding carboxylic acids is 2. The number of amides is 2. The molecule has 122 valence electrons.